The Morgan fingerprint density at radius 2 is 1.94 bits per heavy atom. The molecule has 1 saturated heterocycles. The first-order chi connectivity index (χ1) is 16.4. The number of hydrogen-bond donors (Lipinski definition) is 4. The molecular formula is C20H20F5N5O4S. The summed E-state index contributed by atoms with van der Waals surface area (Å²) in [5.41, 5.74) is 0.0708. The molecular weight excluding hydrogens is 501 g/mol. The molecule has 0 radical (unpaired) electrons. The van der Waals surface area contributed by atoms with Crippen LogP contribution in [-0.2, 0) is 15.6 Å². The lowest BCUT2D eigenvalue weighted by molar-refractivity contribution is -0.275. The SMILES string of the molecule is COc1c([C@H]2[C@H](c3nc4c(NN[SH](=O)=O)nccc4[nH]3)O[C@@](C)(C(F)(F)F)[C@H]2C)ccc(F)c1F. The van der Waals surface area contributed by atoms with Gasteiger partial charge in [0.15, 0.2) is 23.0 Å². The molecule has 0 saturated carbocycles. The van der Waals surface area contributed by atoms with Gasteiger partial charge in [0, 0.05) is 23.6 Å². The lowest BCUT2D eigenvalue weighted by Gasteiger charge is -2.32. The van der Waals surface area contributed by atoms with Gasteiger partial charge in [-0.05, 0) is 19.1 Å². The van der Waals surface area contributed by atoms with Crippen LogP contribution in [0.5, 0.6) is 5.75 Å². The van der Waals surface area contributed by atoms with Crippen LogP contribution in [0, 0.1) is 17.6 Å². The predicted molar refractivity (Wildman–Crippen MR) is 114 cm³/mol. The summed E-state index contributed by atoms with van der Waals surface area (Å²) in [5, 5.41) is 0. The maximum atomic E-state index is 14.5. The number of hydrazine groups is 1. The average molecular weight is 521 g/mol. The van der Waals surface area contributed by atoms with Gasteiger partial charge in [0.25, 0.3) is 0 Å². The third-order valence-corrected chi connectivity index (χ3v) is 6.56. The number of imidazole rings is 1. The van der Waals surface area contributed by atoms with Crippen molar-refractivity contribution in [3.05, 3.63) is 47.4 Å². The van der Waals surface area contributed by atoms with E-state index in [0.717, 1.165) is 26.2 Å². The smallest absolute Gasteiger partial charge is 0.417 e. The standard InChI is InChI=1S/C20H20F5N5O4S/c1-8-12(9-4-5-10(21)13(22)15(9)33-3)16(34-19(8,2)20(23,24)25)18-27-11-6-7-26-17(14(11)28-18)29-30-35(31)32/h4-8,12,16,35H,1-3H3,(H,26,29)(H,27,28)(H,30,31,32)/t8-,12-,16+,19+/m0/s1. The second kappa shape index (κ2) is 8.87. The summed E-state index contributed by atoms with van der Waals surface area (Å²) in [6, 6.07) is 3.44. The molecule has 1 aliphatic rings. The fraction of sp³-hybridized carbons (Fsp3) is 0.400. The van der Waals surface area contributed by atoms with Crippen LogP contribution in [0.4, 0.5) is 27.8 Å². The molecule has 15 heteroatoms. The van der Waals surface area contributed by atoms with E-state index in [4.69, 9.17) is 9.47 Å². The van der Waals surface area contributed by atoms with Gasteiger partial charge in [-0.3, -0.25) is 5.43 Å². The topological polar surface area (TPSA) is 118 Å². The Morgan fingerprint density at radius 3 is 2.57 bits per heavy atom. The number of methoxy groups -OCH3 is 1. The first-order valence-corrected chi connectivity index (χ1v) is 11.3. The molecule has 3 N–H and O–H groups in total. The number of aromatic amines is 1. The Bertz CT molecular complexity index is 1340. The summed E-state index contributed by atoms with van der Waals surface area (Å²) in [4.78, 5) is 13.1. The van der Waals surface area contributed by atoms with E-state index in [1.54, 1.807) is 0 Å². The van der Waals surface area contributed by atoms with Crippen molar-refractivity contribution in [3.8, 4) is 5.75 Å². The second-order valence-electron chi connectivity index (χ2n) is 8.11. The number of rotatable bonds is 6. The first-order valence-electron chi connectivity index (χ1n) is 10.2. The van der Waals surface area contributed by atoms with Crippen molar-refractivity contribution < 1.29 is 39.8 Å². The number of anilines is 1. The number of H-pyrrole nitrogens is 1. The number of nitrogens with zero attached hydrogens (tertiary/aromatic N) is 2. The minimum absolute atomic E-state index is 0.0178. The number of alkyl halides is 3. The molecule has 3 heterocycles. The van der Waals surface area contributed by atoms with Crippen molar-refractivity contribution in [3.63, 3.8) is 0 Å². The first kappa shape index (κ1) is 25.1. The Morgan fingerprint density at radius 1 is 1.23 bits per heavy atom. The monoisotopic (exact) mass is 521 g/mol. The van der Waals surface area contributed by atoms with E-state index in [1.165, 1.54) is 19.2 Å². The zero-order valence-electron chi connectivity index (χ0n) is 18.4. The summed E-state index contributed by atoms with van der Waals surface area (Å²) in [6.45, 7) is 2.17. The highest BCUT2D eigenvalue weighted by molar-refractivity contribution is 7.70. The van der Waals surface area contributed by atoms with Crippen LogP contribution in [0.1, 0.15) is 37.3 Å². The summed E-state index contributed by atoms with van der Waals surface area (Å²) < 4.78 is 103. The Kier molecular flexibility index (Phi) is 6.36. The molecule has 1 fully saturated rings. The van der Waals surface area contributed by atoms with E-state index in [1.807, 2.05) is 4.83 Å². The van der Waals surface area contributed by atoms with Crippen LogP contribution >= 0.6 is 0 Å². The Hall–Kier alpha value is -3.04. The Balaban J connectivity index is 1.88. The molecule has 0 bridgehead atoms. The van der Waals surface area contributed by atoms with Crippen molar-refractivity contribution in [1.29, 1.82) is 0 Å². The molecule has 9 nitrogen and oxygen atoms in total. The van der Waals surface area contributed by atoms with Gasteiger partial charge in [-0.2, -0.15) is 17.6 Å². The van der Waals surface area contributed by atoms with Crippen molar-refractivity contribution in [2.24, 2.45) is 5.92 Å². The van der Waals surface area contributed by atoms with Crippen LogP contribution in [-0.4, -0.2) is 42.3 Å². The highest BCUT2D eigenvalue weighted by Crippen LogP contribution is 2.59. The number of thiol groups is 1. The summed E-state index contributed by atoms with van der Waals surface area (Å²) in [6.07, 6.45) is -4.88. The zero-order valence-corrected chi connectivity index (χ0v) is 19.3. The van der Waals surface area contributed by atoms with Crippen LogP contribution in [0.2, 0.25) is 0 Å². The van der Waals surface area contributed by atoms with Crippen LogP contribution in [0.25, 0.3) is 11.0 Å². The largest absolute Gasteiger partial charge is 0.493 e. The molecule has 2 aromatic heterocycles. The number of benzene rings is 1. The zero-order chi connectivity index (χ0) is 25.7. The number of hydrogen-bond acceptors (Lipinski definition) is 7. The number of nitrogens with one attached hydrogen (secondary N) is 3. The van der Waals surface area contributed by atoms with Crippen LogP contribution in [0.3, 0.4) is 0 Å². The van der Waals surface area contributed by atoms with Crippen molar-refractivity contribution in [1.82, 2.24) is 19.8 Å². The molecule has 35 heavy (non-hydrogen) atoms. The highest BCUT2D eigenvalue weighted by atomic mass is 32.2. The van der Waals surface area contributed by atoms with Gasteiger partial charge in [0.05, 0.1) is 12.6 Å². The van der Waals surface area contributed by atoms with E-state index in [9.17, 15) is 30.4 Å². The van der Waals surface area contributed by atoms with Gasteiger partial charge in [-0.1, -0.05) is 13.0 Å². The molecule has 4 rings (SSSR count). The number of pyridine rings is 1. The third kappa shape index (κ3) is 4.16. The minimum Gasteiger partial charge on any atom is -0.493 e. The molecule has 4 atom stereocenters. The Labute approximate surface area is 197 Å². The fourth-order valence-electron chi connectivity index (χ4n) is 4.33. The minimum atomic E-state index is -4.81. The average Bonchev–Trinajstić information content (AvgIpc) is 3.34. The number of ether oxygens (including phenoxy) is 2. The molecule has 1 aliphatic heterocycles. The maximum Gasteiger partial charge on any atom is 0.417 e. The lowest BCUT2D eigenvalue weighted by Crippen LogP contribution is -2.46. The van der Waals surface area contributed by atoms with Gasteiger partial charge < -0.3 is 14.5 Å². The molecule has 1 aromatic carbocycles. The van der Waals surface area contributed by atoms with E-state index in [0.29, 0.717) is 5.52 Å². The van der Waals surface area contributed by atoms with Crippen molar-refractivity contribution in [2.75, 3.05) is 12.5 Å². The van der Waals surface area contributed by atoms with Gasteiger partial charge in [-0.15, -0.1) is 4.83 Å². The third-order valence-electron chi connectivity index (χ3n) is 6.27. The van der Waals surface area contributed by atoms with Gasteiger partial charge in [-0.25, -0.2) is 22.8 Å². The molecule has 0 aliphatic carbocycles. The number of halogens is 5. The van der Waals surface area contributed by atoms with E-state index < -0.39 is 58.0 Å². The van der Waals surface area contributed by atoms with E-state index in [-0.39, 0.29) is 22.7 Å². The molecule has 0 spiro atoms. The molecule has 0 amide bonds. The lowest BCUT2D eigenvalue weighted by atomic mass is 9.77. The number of fused-ring (bicyclic) bond motifs is 1. The van der Waals surface area contributed by atoms with Crippen molar-refractivity contribution in [2.45, 2.75) is 37.6 Å². The van der Waals surface area contributed by atoms with Crippen LogP contribution in [0.15, 0.2) is 24.4 Å². The maximum absolute atomic E-state index is 14.5. The highest BCUT2D eigenvalue weighted by Gasteiger charge is 2.65. The normalized spacial score (nSPS) is 24.9. The molecule has 3 aromatic rings. The van der Waals surface area contributed by atoms with Gasteiger partial charge in [0.2, 0.25) is 16.7 Å². The molecule has 0 unspecified atom stereocenters. The predicted octanol–water partition coefficient (Wildman–Crippen LogP) is 3.50. The summed E-state index contributed by atoms with van der Waals surface area (Å²) >= 11 is 0. The second-order valence-corrected chi connectivity index (χ2v) is 8.85. The van der Waals surface area contributed by atoms with E-state index in [2.05, 4.69) is 20.4 Å². The number of aromatic nitrogens is 3. The quantitative estimate of drug-likeness (QED) is 0.223. The van der Waals surface area contributed by atoms with Crippen LogP contribution < -0.4 is 15.0 Å². The molecule has 190 valence electrons. The van der Waals surface area contributed by atoms with E-state index >= 15 is 0 Å². The summed E-state index contributed by atoms with van der Waals surface area (Å²) in [7, 11) is -1.95. The van der Waals surface area contributed by atoms with Crippen molar-refractivity contribution >= 4 is 27.7 Å². The van der Waals surface area contributed by atoms with Gasteiger partial charge in [0.1, 0.15) is 17.4 Å². The fourth-order valence-corrected chi connectivity index (χ4v) is 4.53. The summed E-state index contributed by atoms with van der Waals surface area (Å²) in [5.74, 6) is -5.61. The van der Waals surface area contributed by atoms with Gasteiger partial charge >= 0.3 is 6.18 Å².